The first-order chi connectivity index (χ1) is 12.7. The van der Waals surface area contributed by atoms with E-state index >= 15 is 0 Å². The predicted octanol–water partition coefficient (Wildman–Crippen LogP) is -0.0617. The molecule has 2 saturated carbocycles. The molecule has 3 N–H and O–H groups in total. The Bertz CT molecular complexity index is 405. The fraction of sp³-hybridized carbons (Fsp3) is 0.400. The predicted molar refractivity (Wildman–Crippen MR) is 102 cm³/mol. The van der Waals surface area contributed by atoms with Gasteiger partial charge < -0.3 is 16.0 Å². The van der Waals surface area contributed by atoms with Gasteiger partial charge in [0.25, 0.3) is 0 Å². The van der Waals surface area contributed by atoms with Gasteiger partial charge in [0.15, 0.2) is 0 Å². The van der Waals surface area contributed by atoms with Gasteiger partial charge >= 0.3 is 17.1 Å². The molecule has 2 amide bonds. The summed E-state index contributed by atoms with van der Waals surface area (Å²) in [6.45, 7) is 5.26. The molecule has 0 aromatic rings. The summed E-state index contributed by atoms with van der Waals surface area (Å²) in [7, 11) is 0. The smallest absolute Gasteiger partial charge is 0.354 e. The van der Waals surface area contributed by atoms with Crippen LogP contribution in [0.3, 0.4) is 0 Å². The molecular formula is C20H28FeN4O2+2. The zero-order chi connectivity index (χ0) is 18.5. The molecule has 7 heteroatoms. The monoisotopic (exact) mass is 412 g/mol. The zero-order valence-corrected chi connectivity index (χ0v) is 16.6. The van der Waals surface area contributed by atoms with Crippen LogP contribution in [0.5, 0.6) is 0 Å². The molecule has 3 rings (SSSR count). The summed E-state index contributed by atoms with van der Waals surface area (Å²) in [5.41, 5.74) is 0. The summed E-state index contributed by atoms with van der Waals surface area (Å²) in [6.07, 6.45) is 18.2. The van der Waals surface area contributed by atoms with Crippen LogP contribution >= 0.6 is 0 Å². The third-order valence-electron chi connectivity index (χ3n) is 3.99. The minimum Gasteiger partial charge on any atom is -0.354 e. The normalized spacial score (nSPS) is 23.6. The topological polar surface area (TPSA) is 73.5 Å². The second-order valence-electron chi connectivity index (χ2n) is 6.16. The number of nitrogens with zero attached hydrogens (tertiary/aromatic N) is 1. The van der Waals surface area contributed by atoms with Crippen molar-refractivity contribution in [2.24, 2.45) is 0 Å². The van der Waals surface area contributed by atoms with Gasteiger partial charge in [-0.1, -0.05) is 0 Å². The summed E-state index contributed by atoms with van der Waals surface area (Å²) in [5.74, 6) is 0.845. The van der Waals surface area contributed by atoms with Crippen LogP contribution in [0.25, 0.3) is 0 Å². The standard InChI is InChI=1S/C15H23N4O2.C5H5.Fe/c20-14-11-15(21)18-8-10-19(9-7-16-5-6-17-14)12-13-3-1-2-4-13;1-2-4-5-3-1;/h1-4,16H,5-12H2,(H,17,20)(H,18,21);1-5H;/q;;+2. The van der Waals surface area contributed by atoms with E-state index in [0.717, 1.165) is 32.7 Å². The molecule has 0 aromatic carbocycles. The average Bonchev–Trinajstić information content (AvgIpc) is 3.33. The van der Waals surface area contributed by atoms with E-state index in [9.17, 15) is 9.59 Å². The van der Waals surface area contributed by atoms with Crippen molar-refractivity contribution in [3.63, 3.8) is 0 Å². The molecule has 2 aliphatic carbocycles. The van der Waals surface area contributed by atoms with Gasteiger partial charge in [-0.25, -0.2) is 0 Å². The molecule has 0 bridgehead atoms. The number of hydrogen-bond acceptors (Lipinski definition) is 4. The Morgan fingerprint density at radius 1 is 0.741 bits per heavy atom. The maximum Gasteiger partial charge on any atom is 2.00 e. The average molecular weight is 412 g/mol. The molecule has 0 atom stereocenters. The first-order valence-corrected chi connectivity index (χ1v) is 9.08. The summed E-state index contributed by atoms with van der Waals surface area (Å²) < 4.78 is 0. The van der Waals surface area contributed by atoms with Gasteiger partial charge in [-0.2, -0.15) is 0 Å². The van der Waals surface area contributed by atoms with Gasteiger partial charge in [-0.05, 0) is 63.7 Å². The van der Waals surface area contributed by atoms with Gasteiger partial charge in [-0.15, -0.1) is 0 Å². The largest absolute Gasteiger partial charge is 2.00 e. The van der Waals surface area contributed by atoms with Crippen LogP contribution in [-0.2, 0) is 26.7 Å². The van der Waals surface area contributed by atoms with E-state index in [2.05, 4.69) is 33.7 Å². The molecule has 1 aliphatic heterocycles. The van der Waals surface area contributed by atoms with Gasteiger partial charge in [-0.3, -0.25) is 14.5 Å². The summed E-state index contributed by atoms with van der Waals surface area (Å²) in [5, 5.41) is 8.83. The molecule has 0 unspecified atom stereocenters. The van der Waals surface area contributed by atoms with Crippen molar-refractivity contribution < 1.29 is 26.7 Å². The molecule has 1 saturated heterocycles. The van der Waals surface area contributed by atoms with Crippen LogP contribution in [0.15, 0.2) is 0 Å². The maximum absolute atomic E-state index is 11.6. The van der Waals surface area contributed by atoms with Crippen LogP contribution in [0.2, 0.25) is 0 Å². The van der Waals surface area contributed by atoms with E-state index in [1.54, 1.807) is 0 Å². The number of nitrogens with one attached hydrogen (secondary N) is 3. The Hall–Kier alpha value is -0.621. The summed E-state index contributed by atoms with van der Waals surface area (Å²) in [6, 6.07) is 0. The molecule has 146 valence electrons. The SMILES string of the molecule is O=C1CC(=O)NCCN(C[C]2[CH][CH][CH][CH]2)CCNCCN1.[CH]1[CH][CH][CH][CH]1.[Fe+2]. The second-order valence-corrected chi connectivity index (χ2v) is 6.16. The van der Waals surface area contributed by atoms with Crippen molar-refractivity contribution in [1.82, 2.24) is 20.9 Å². The molecular weight excluding hydrogens is 384 g/mol. The molecule has 1 heterocycles. The van der Waals surface area contributed by atoms with E-state index in [0.29, 0.717) is 13.1 Å². The third kappa shape index (κ3) is 11.7. The van der Waals surface area contributed by atoms with Crippen LogP contribution in [0, 0.1) is 63.7 Å². The zero-order valence-electron chi connectivity index (χ0n) is 15.5. The van der Waals surface area contributed by atoms with Gasteiger partial charge in [0.1, 0.15) is 6.42 Å². The molecule has 27 heavy (non-hydrogen) atoms. The van der Waals surface area contributed by atoms with Crippen molar-refractivity contribution >= 4 is 11.8 Å². The molecule has 0 aromatic heterocycles. The Morgan fingerprint density at radius 3 is 1.93 bits per heavy atom. The summed E-state index contributed by atoms with van der Waals surface area (Å²) >= 11 is 0. The molecule has 6 nitrogen and oxygen atoms in total. The Labute approximate surface area is 175 Å². The van der Waals surface area contributed by atoms with Crippen molar-refractivity contribution in [2.75, 3.05) is 45.8 Å². The molecule has 3 aliphatic rings. The van der Waals surface area contributed by atoms with Gasteiger partial charge in [0, 0.05) is 45.8 Å². The number of carbonyl (C=O) groups is 2. The van der Waals surface area contributed by atoms with Gasteiger partial charge in [0.2, 0.25) is 11.8 Å². The van der Waals surface area contributed by atoms with Crippen LogP contribution < -0.4 is 16.0 Å². The number of rotatable bonds is 2. The van der Waals surface area contributed by atoms with E-state index in [4.69, 9.17) is 0 Å². The van der Waals surface area contributed by atoms with Crippen molar-refractivity contribution in [3.05, 3.63) is 63.7 Å². The number of amides is 2. The van der Waals surface area contributed by atoms with Crippen LogP contribution in [-0.4, -0.2) is 62.5 Å². The fourth-order valence-electron chi connectivity index (χ4n) is 2.64. The first kappa shape index (κ1) is 24.4. The quantitative estimate of drug-likeness (QED) is 0.439. The van der Waals surface area contributed by atoms with E-state index in [1.807, 2.05) is 44.9 Å². The van der Waals surface area contributed by atoms with E-state index < -0.39 is 0 Å². The Morgan fingerprint density at radius 2 is 1.30 bits per heavy atom. The minimum absolute atomic E-state index is 0. The number of carbonyl (C=O) groups excluding carboxylic acids is 2. The van der Waals surface area contributed by atoms with Crippen molar-refractivity contribution in [2.45, 2.75) is 6.42 Å². The number of hydrogen-bond donors (Lipinski definition) is 3. The van der Waals surface area contributed by atoms with Crippen molar-refractivity contribution in [1.29, 1.82) is 0 Å². The van der Waals surface area contributed by atoms with E-state index in [-0.39, 0.29) is 35.3 Å². The van der Waals surface area contributed by atoms with Crippen molar-refractivity contribution in [3.8, 4) is 0 Å². The van der Waals surface area contributed by atoms with Crippen LogP contribution in [0.1, 0.15) is 6.42 Å². The molecule has 0 spiro atoms. The van der Waals surface area contributed by atoms with E-state index in [1.165, 1.54) is 5.92 Å². The van der Waals surface area contributed by atoms with Gasteiger partial charge in [0.05, 0.1) is 0 Å². The van der Waals surface area contributed by atoms with Crippen LogP contribution in [0.4, 0.5) is 0 Å². The first-order valence-electron chi connectivity index (χ1n) is 9.08. The maximum atomic E-state index is 11.6. The second kappa shape index (κ2) is 15.3. The third-order valence-corrected chi connectivity index (χ3v) is 3.99. The summed E-state index contributed by atoms with van der Waals surface area (Å²) in [4.78, 5) is 25.4. The Kier molecular flexibility index (Phi) is 13.9. The molecule has 3 fully saturated rings. The molecule has 10 radical (unpaired) electrons. The fourth-order valence-corrected chi connectivity index (χ4v) is 2.64. The minimum atomic E-state index is -0.220. The Balaban J connectivity index is 0.000000526.